The molecule has 6 N–H and O–H groups in total. The standard InChI is InChI=1S/C64H79N7O19/c1-33(2)53(67-45(73)14-9-8-10-23-71-46(74)19-20-47(71)75)60(81)65-34(3)59(80)66-37-17-15-36(16-18-37)32-87-63(82)69-24-21-38(22-25-69)68(5)31-44(72)64(83)29-40-50(57(79)52-51(55(40)77)54(76)39-12-11-13-42(84-6)49(39)56(52)78)43(30-64)89-48-28-41-58(35(4)88-48)90-61-62(85-7)86-27-26-70(41)61/h11-13,15-20,33-35,38,41,43,48,53,58,61-62,77,79,83H,8-10,14,21-32H2,1-7H3,(H,65,81)(H,66,80)(H,67,73)/t34?,35-,41-,43-,48-,53?,58+,61+,62-,64-/m0/s1. The zero-order chi connectivity index (χ0) is 64.5. The van der Waals surface area contributed by atoms with Gasteiger partial charge in [0.15, 0.2) is 30.4 Å². The Kier molecular flexibility index (Phi) is 19.9. The third-order valence-corrected chi connectivity index (χ3v) is 18.2. The van der Waals surface area contributed by atoms with Crippen molar-refractivity contribution in [2.24, 2.45) is 5.92 Å². The molecule has 2 unspecified atom stereocenters. The topological polar surface area (TPSA) is 328 Å². The first-order valence-electron chi connectivity index (χ1n) is 30.6. The number of aliphatic hydroxyl groups is 1. The quantitative estimate of drug-likeness (QED) is 0.0372. The van der Waals surface area contributed by atoms with Crippen LogP contribution < -0.4 is 20.7 Å². The number of piperidine rings is 1. The maximum atomic E-state index is 14.7. The molecule has 26 nitrogen and oxygen atoms in total. The Hall–Kier alpha value is -7.69. The van der Waals surface area contributed by atoms with Gasteiger partial charge >= 0.3 is 6.09 Å². The first kappa shape index (κ1) is 65.3. The molecule has 4 saturated heterocycles. The van der Waals surface area contributed by atoms with Crippen molar-refractivity contribution in [3.63, 3.8) is 0 Å². The molecule has 3 aromatic carbocycles. The molecule has 5 aliphatic heterocycles. The van der Waals surface area contributed by atoms with Crippen LogP contribution in [0.4, 0.5) is 10.5 Å². The lowest BCUT2D eigenvalue weighted by Gasteiger charge is -2.44. The van der Waals surface area contributed by atoms with E-state index in [-0.39, 0.29) is 109 Å². The molecule has 0 aromatic heterocycles. The van der Waals surface area contributed by atoms with Gasteiger partial charge in [-0.05, 0) is 76.3 Å². The Morgan fingerprint density at radius 1 is 0.844 bits per heavy atom. The summed E-state index contributed by atoms with van der Waals surface area (Å²) in [5.74, 6) is -5.77. The SMILES string of the molecule is COc1cccc2c1C(=O)c1c(O)c3c(c(O)c1C2=O)C[C@@](O)(C(=O)CN(C)C1CCN(C(=O)OCc2ccc(NC(=O)C(C)NC(=O)C(NC(=O)CCCCCN4C(=O)C=CC4=O)C(C)C)cc2)CC1)C[C@@H]3O[C@H]1C[C@H]2[C@H](O[C@@H]3[C@@H](OC)OCCN32)[C@H](C)O1. The van der Waals surface area contributed by atoms with E-state index in [0.29, 0.717) is 56.5 Å². The van der Waals surface area contributed by atoms with Gasteiger partial charge in [-0.1, -0.05) is 44.5 Å². The number of Topliss-reactive ketones (excluding diaryl/α,β-unsaturated/α-hetero) is 1. The maximum absolute atomic E-state index is 14.7. The van der Waals surface area contributed by atoms with E-state index in [1.165, 1.54) is 51.5 Å². The van der Waals surface area contributed by atoms with Crippen molar-refractivity contribution in [2.45, 2.75) is 159 Å². The number of amides is 6. The molecule has 4 fully saturated rings. The summed E-state index contributed by atoms with van der Waals surface area (Å²) in [6, 6.07) is 8.75. The molecule has 3 aromatic rings. The summed E-state index contributed by atoms with van der Waals surface area (Å²) in [5.41, 5.74) is -2.44. The van der Waals surface area contributed by atoms with E-state index in [1.54, 1.807) is 55.0 Å². The van der Waals surface area contributed by atoms with Crippen LogP contribution >= 0.6 is 0 Å². The van der Waals surface area contributed by atoms with Gasteiger partial charge in [-0.3, -0.25) is 53.1 Å². The average molecular weight is 1250 g/mol. The van der Waals surface area contributed by atoms with Crippen molar-refractivity contribution in [1.82, 2.24) is 30.2 Å². The number of fused-ring (bicyclic) bond motifs is 6. The summed E-state index contributed by atoms with van der Waals surface area (Å²) in [4.78, 5) is 126. The fraction of sp³-hybridized carbons (Fsp3) is 0.547. The van der Waals surface area contributed by atoms with Gasteiger partial charge in [0.25, 0.3) is 11.8 Å². The molecule has 0 saturated carbocycles. The first-order chi connectivity index (χ1) is 43.0. The number of imide groups is 1. The van der Waals surface area contributed by atoms with Gasteiger partial charge in [-0.2, -0.15) is 0 Å². The Morgan fingerprint density at radius 3 is 2.24 bits per heavy atom. The molecule has 0 spiro atoms. The number of ketones is 3. The van der Waals surface area contributed by atoms with Crippen molar-refractivity contribution in [1.29, 1.82) is 0 Å². The first-order valence-corrected chi connectivity index (χ1v) is 30.6. The summed E-state index contributed by atoms with van der Waals surface area (Å²) >= 11 is 0. The van der Waals surface area contributed by atoms with Crippen molar-refractivity contribution in [3.05, 3.63) is 93.6 Å². The zero-order valence-electron chi connectivity index (χ0n) is 51.5. The van der Waals surface area contributed by atoms with Crippen LogP contribution in [0.2, 0.25) is 0 Å². The van der Waals surface area contributed by atoms with Gasteiger partial charge in [-0.25, -0.2) is 4.79 Å². The monoisotopic (exact) mass is 1250 g/mol. The number of carbonyl (C=O) groups excluding carboxylic acids is 9. The van der Waals surface area contributed by atoms with Gasteiger partial charge in [0.2, 0.25) is 23.5 Å². The number of unbranched alkanes of at least 4 members (excludes halogenated alkanes) is 2. The van der Waals surface area contributed by atoms with E-state index in [0.717, 1.165) is 4.90 Å². The molecule has 10 rings (SSSR count). The van der Waals surface area contributed by atoms with Crippen LogP contribution in [-0.4, -0.2) is 209 Å². The number of hydrogen-bond acceptors (Lipinski definition) is 21. The number of benzene rings is 3. The molecule has 5 heterocycles. The molecule has 2 aliphatic carbocycles. The molecule has 10 atom stereocenters. The van der Waals surface area contributed by atoms with Crippen molar-refractivity contribution in [3.8, 4) is 17.2 Å². The minimum absolute atomic E-state index is 0.0579. The van der Waals surface area contributed by atoms with Crippen LogP contribution in [0.1, 0.15) is 134 Å². The summed E-state index contributed by atoms with van der Waals surface area (Å²) in [6.45, 7) is 8.31. The molecule has 26 heteroatoms. The number of phenols is 2. The summed E-state index contributed by atoms with van der Waals surface area (Å²) in [7, 11) is 4.61. The smallest absolute Gasteiger partial charge is 0.410 e. The van der Waals surface area contributed by atoms with Crippen molar-refractivity contribution in [2.75, 3.05) is 65.9 Å². The van der Waals surface area contributed by atoms with Crippen LogP contribution in [0.5, 0.6) is 17.2 Å². The highest BCUT2D eigenvalue weighted by atomic mass is 16.7. The van der Waals surface area contributed by atoms with E-state index in [9.17, 15) is 58.5 Å². The number of phenolic OH excluding ortho intramolecular Hbond substituents is 2. The van der Waals surface area contributed by atoms with Gasteiger partial charge in [0.05, 0.1) is 49.2 Å². The Labute approximate surface area is 520 Å². The third-order valence-electron chi connectivity index (χ3n) is 18.2. The van der Waals surface area contributed by atoms with Gasteiger partial charge < -0.3 is 69.3 Å². The van der Waals surface area contributed by atoms with E-state index in [2.05, 4.69) is 20.9 Å². The molecule has 0 radical (unpaired) electrons. The maximum Gasteiger partial charge on any atom is 0.410 e. The second-order valence-electron chi connectivity index (χ2n) is 24.5. The summed E-state index contributed by atoms with van der Waals surface area (Å²) in [6.07, 6.45) is -0.600. The summed E-state index contributed by atoms with van der Waals surface area (Å²) < 4.78 is 42.0. The number of likely N-dealkylation sites (N-methyl/N-ethyl adjacent to an activating group) is 1. The summed E-state index contributed by atoms with van der Waals surface area (Å²) in [5, 5.41) is 45.3. The number of likely N-dealkylation sites (tertiary alicyclic amines) is 1. The largest absolute Gasteiger partial charge is 0.507 e. The Balaban J connectivity index is 0.719. The lowest BCUT2D eigenvalue weighted by atomic mass is 9.71. The van der Waals surface area contributed by atoms with Gasteiger partial charge in [-0.15, -0.1) is 0 Å². The number of rotatable bonds is 22. The van der Waals surface area contributed by atoms with Crippen LogP contribution in [0.3, 0.4) is 0 Å². The molecular formula is C64H79N7O19. The average Bonchev–Trinajstić information content (AvgIpc) is 0.825. The lowest BCUT2D eigenvalue weighted by molar-refractivity contribution is -0.256. The zero-order valence-corrected chi connectivity index (χ0v) is 51.5. The number of carbonyl (C=O) groups is 9. The van der Waals surface area contributed by atoms with E-state index in [1.807, 2.05) is 6.92 Å². The molecule has 7 aliphatic rings. The number of methoxy groups -OCH3 is 2. The number of ether oxygens (including phenoxy) is 7. The van der Waals surface area contributed by atoms with E-state index >= 15 is 0 Å². The van der Waals surface area contributed by atoms with Crippen molar-refractivity contribution < 1.29 is 91.6 Å². The van der Waals surface area contributed by atoms with Gasteiger partial charge in [0, 0.05) is 106 Å². The van der Waals surface area contributed by atoms with Crippen LogP contribution in [-0.2, 0) is 70.2 Å². The molecule has 6 amide bonds. The third kappa shape index (κ3) is 13.4. The molecular weight excluding hydrogens is 1170 g/mol. The molecule has 484 valence electrons. The number of nitrogens with zero attached hydrogens (tertiary/aromatic N) is 4. The Morgan fingerprint density at radius 2 is 1.56 bits per heavy atom. The van der Waals surface area contributed by atoms with Crippen molar-refractivity contribution >= 4 is 58.7 Å². The highest BCUT2D eigenvalue weighted by Crippen LogP contribution is 2.53. The second-order valence-corrected chi connectivity index (χ2v) is 24.5. The van der Waals surface area contributed by atoms with Gasteiger partial charge in [0.1, 0.15) is 47.6 Å². The number of nitrogens with one attached hydrogen (secondary N) is 3. The predicted octanol–water partition coefficient (Wildman–Crippen LogP) is 3.52. The number of hydrogen-bond donors (Lipinski definition) is 6. The molecule has 90 heavy (non-hydrogen) atoms. The van der Waals surface area contributed by atoms with Crippen LogP contribution in [0.25, 0.3) is 0 Å². The lowest BCUT2D eigenvalue weighted by Crippen LogP contribution is -2.55. The minimum Gasteiger partial charge on any atom is -0.507 e. The van der Waals surface area contributed by atoms with Crippen LogP contribution in [0.15, 0.2) is 54.6 Å². The number of anilines is 1. The normalized spacial score (nSPS) is 25.5. The molecule has 0 bridgehead atoms. The van der Waals surface area contributed by atoms with E-state index < -0.39 is 126 Å². The predicted molar refractivity (Wildman–Crippen MR) is 318 cm³/mol. The number of aromatic hydroxyl groups is 2. The fourth-order valence-corrected chi connectivity index (χ4v) is 13.2. The minimum atomic E-state index is -2.23. The van der Waals surface area contributed by atoms with E-state index in [4.69, 9.17) is 33.2 Å². The fourth-order valence-electron chi connectivity index (χ4n) is 13.2. The second kappa shape index (κ2) is 27.4. The Bertz CT molecular complexity index is 3310. The highest BCUT2D eigenvalue weighted by Gasteiger charge is 2.55. The van der Waals surface area contributed by atoms with Crippen LogP contribution in [0, 0.1) is 5.92 Å². The number of morpholine rings is 1. The highest BCUT2D eigenvalue weighted by molar-refractivity contribution is 6.31.